The minimum Gasteiger partial charge on any atom is -0.489 e. The summed E-state index contributed by atoms with van der Waals surface area (Å²) in [6.45, 7) is 0.222. The second kappa shape index (κ2) is 8.07. The van der Waals surface area contributed by atoms with Gasteiger partial charge in [-0.05, 0) is 34.1 Å². The number of ether oxygens (including phenoxy) is 1. The minimum absolute atomic E-state index is 0. The molecule has 0 radical (unpaired) electrons. The summed E-state index contributed by atoms with van der Waals surface area (Å²) in [5.74, 6) is 0.554. The van der Waals surface area contributed by atoms with Crippen LogP contribution in [0.15, 0.2) is 34.6 Å². The van der Waals surface area contributed by atoms with E-state index in [1.807, 2.05) is 6.07 Å². The van der Waals surface area contributed by atoms with Crippen molar-refractivity contribution in [1.82, 2.24) is 0 Å². The molecular weight excluding hydrogens is 310 g/mol. The van der Waals surface area contributed by atoms with Crippen LogP contribution in [0, 0.1) is 11.3 Å². The van der Waals surface area contributed by atoms with E-state index in [9.17, 15) is 4.39 Å². The van der Waals surface area contributed by atoms with Crippen LogP contribution in [0.1, 0.15) is 5.56 Å². The molecule has 0 fully saturated rings. The Bertz CT molecular complexity index is 446. The molecule has 0 aliphatic heterocycles. The molecule has 17 heavy (non-hydrogen) atoms. The molecule has 0 spiro atoms. The van der Waals surface area contributed by atoms with E-state index in [-0.39, 0.29) is 25.6 Å². The third-order valence-electron chi connectivity index (χ3n) is 1.90. The smallest absolute Gasteiger partial charge is 0.121 e. The van der Waals surface area contributed by atoms with Crippen LogP contribution in [0.3, 0.4) is 0 Å². The predicted octanol–water partition coefficient (Wildman–Crippen LogP) is 2.93. The maximum atomic E-state index is 12.2. The number of hydrogen-bond acceptors (Lipinski definition) is 3. The first kappa shape index (κ1) is 15.9. The maximum Gasteiger partial charge on any atom is 0.121 e. The number of benzene rings is 1. The van der Waals surface area contributed by atoms with Crippen molar-refractivity contribution in [3.8, 4) is 11.8 Å². The van der Waals surface area contributed by atoms with E-state index in [1.165, 1.54) is 0 Å². The molecule has 3 nitrogen and oxygen atoms in total. The number of rotatable bonds is 4. The highest BCUT2D eigenvalue weighted by molar-refractivity contribution is 9.10. The van der Waals surface area contributed by atoms with E-state index in [0.29, 0.717) is 27.7 Å². The molecule has 0 heterocycles. The summed E-state index contributed by atoms with van der Waals surface area (Å²) in [7, 11) is 0. The molecule has 0 aliphatic rings. The van der Waals surface area contributed by atoms with Crippen molar-refractivity contribution in [3.05, 3.63) is 40.1 Å². The van der Waals surface area contributed by atoms with Gasteiger partial charge in [0.15, 0.2) is 0 Å². The second-order valence-electron chi connectivity index (χ2n) is 3.01. The number of nitrogens with zero attached hydrogens (tertiary/aromatic N) is 1. The molecule has 6 heteroatoms. The van der Waals surface area contributed by atoms with Crippen LogP contribution in [-0.2, 0) is 0 Å². The fourth-order valence-corrected chi connectivity index (χ4v) is 1.43. The Morgan fingerprint density at radius 2 is 2.29 bits per heavy atom. The molecule has 0 amide bonds. The number of halogens is 3. The van der Waals surface area contributed by atoms with E-state index in [2.05, 4.69) is 15.9 Å². The normalized spacial score (nSPS) is 10.4. The minimum atomic E-state index is 0. The lowest BCUT2D eigenvalue weighted by molar-refractivity contribution is 0.347. The topological polar surface area (TPSA) is 59.0 Å². The Kier molecular flexibility index (Phi) is 7.55. The third kappa shape index (κ3) is 4.73. The van der Waals surface area contributed by atoms with Crippen LogP contribution < -0.4 is 10.5 Å². The van der Waals surface area contributed by atoms with E-state index in [4.69, 9.17) is 15.7 Å². The fraction of sp³-hybridized carbons (Fsp3) is 0.182. The molecule has 0 aliphatic carbocycles. The largest absolute Gasteiger partial charge is 0.489 e. The highest BCUT2D eigenvalue weighted by Gasteiger charge is 2.02. The molecule has 0 bridgehead atoms. The van der Waals surface area contributed by atoms with Crippen LogP contribution in [0.5, 0.6) is 5.75 Å². The average molecular weight is 322 g/mol. The van der Waals surface area contributed by atoms with Crippen molar-refractivity contribution in [1.29, 1.82) is 5.26 Å². The highest BCUT2D eigenvalue weighted by atomic mass is 79.9. The molecule has 0 aromatic heterocycles. The van der Waals surface area contributed by atoms with Gasteiger partial charge in [-0.3, -0.25) is 0 Å². The Balaban J connectivity index is 0.00000256. The summed E-state index contributed by atoms with van der Waals surface area (Å²) < 4.78 is 18.1. The van der Waals surface area contributed by atoms with Crippen LogP contribution in [-0.4, -0.2) is 13.2 Å². The quantitative estimate of drug-likeness (QED) is 0.927. The number of nitrogens with two attached hydrogens (primary N) is 1. The van der Waals surface area contributed by atoms with Gasteiger partial charge in [0.1, 0.15) is 18.4 Å². The lowest BCUT2D eigenvalue weighted by Gasteiger charge is -2.07. The van der Waals surface area contributed by atoms with Crippen molar-refractivity contribution in [3.63, 3.8) is 0 Å². The maximum absolute atomic E-state index is 12.2. The lowest BCUT2D eigenvalue weighted by Crippen LogP contribution is -2.10. The van der Waals surface area contributed by atoms with Gasteiger partial charge in [0.25, 0.3) is 0 Å². The Hall–Kier alpha value is -1.09. The van der Waals surface area contributed by atoms with E-state index >= 15 is 0 Å². The molecule has 1 aromatic carbocycles. The SMILES string of the molecule is Cl.N#Cc1ccc(OC/C(=C/F)CN)cc1Br. The highest BCUT2D eigenvalue weighted by Crippen LogP contribution is 2.22. The number of nitriles is 1. The Labute approximate surface area is 114 Å². The molecule has 1 aromatic rings. The van der Waals surface area contributed by atoms with Gasteiger partial charge in [0.2, 0.25) is 0 Å². The Morgan fingerprint density at radius 3 is 2.76 bits per heavy atom. The fourth-order valence-electron chi connectivity index (χ4n) is 0.987. The number of hydrogen-bond donors (Lipinski definition) is 1. The van der Waals surface area contributed by atoms with Gasteiger partial charge < -0.3 is 10.5 Å². The van der Waals surface area contributed by atoms with E-state index in [0.717, 1.165) is 0 Å². The summed E-state index contributed by atoms with van der Waals surface area (Å²) in [4.78, 5) is 0. The monoisotopic (exact) mass is 320 g/mol. The molecule has 0 unspecified atom stereocenters. The molecule has 0 saturated carbocycles. The standard InChI is InChI=1S/C11H10BrFN2O.ClH/c12-11-3-10(2-1-9(11)6-15)16-7-8(4-13)5-14;/h1-4H,5,7,14H2;1H/b8-4+;. The average Bonchev–Trinajstić information content (AvgIpc) is 2.30. The van der Waals surface area contributed by atoms with Gasteiger partial charge in [-0.2, -0.15) is 5.26 Å². The molecule has 92 valence electrons. The van der Waals surface area contributed by atoms with Crippen LogP contribution in [0.25, 0.3) is 0 Å². The molecule has 2 N–H and O–H groups in total. The van der Waals surface area contributed by atoms with Crippen LogP contribution >= 0.6 is 28.3 Å². The zero-order chi connectivity index (χ0) is 12.0. The van der Waals surface area contributed by atoms with Crippen molar-refractivity contribution in [2.45, 2.75) is 0 Å². The van der Waals surface area contributed by atoms with Crippen LogP contribution in [0.2, 0.25) is 0 Å². The third-order valence-corrected chi connectivity index (χ3v) is 2.56. The summed E-state index contributed by atoms with van der Waals surface area (Å²) >= 11 is 3.23. The lowest BCUT2D eigenvalue weighted by atomic mass is 10.2. The first-order chi connectivity index (χ1) is 7.71. The molecule has 1 rings (SSSR count). The van der Waals surface area contributed by atoms with Gasteiger partial charge in [-0.25, -0.2) is 4.39 Å². The van der Waals surface area contributed by atoms with Crippen LogP contribution in [0.4, 0.5) is 4.39 Å². The summed E-state index contributed by atoms with van der Waals surface area (Å²) in [5, 5.41) is 8.71. The second-order valence-corrected chi connectivity index (χ2v) is 3.87. The molecule has 0 atom stereocenters. The summed E-state index contributed by atoms with van der Waals surface area (Å²) in [6, 6.07) is 6.95. The van der Waals surface area contributed by atoms with Crippen molar-refractivity contribution >= 4 is 28.3 Å². The van der Waals surface area contributed by atoms with Crippen molar-refractivity contribution in [2.75, 3.05) is 13.2 Å². The molecule has 0 saturated heterocycles. The van der Waals surface area contributed by atoms with Gasteiger partial charge >= 0.3 is 0 Å². The predicted molar refractivity (Wildman–Crippen MR) is 69.8 cm³/mol. The zero-order valence-electron chi connectivity index (χ0n) is 8.82. The van der Waals surface area contributed by atoms with E-state index in [1.54, 1.807) is 18.2 Å². The van der Waals surface area contributed by atoms with Gasteiger partial charge in [-0.1, -0.05) is 0 Å². The van der Waals surface area contributed by atoms with Gasteiger partial charge in [0, 0.05) is 16.6 Å². The summed E-state index contributed by atoms with van der Waals surface area (Å²) in [6.07, 6.45) is 0.443. The first-order valence-electron chi connectivity index (χ1n) is 4.52. The van der Waals surface area contributed by atoms with Crippen molar-refractivity contribution < 1.29 is 9.13 Å². The summed E-state index contributed by atoms with van der Waals surface area (Å²) in [5.41, 5.74) is 6.18. The zero-order valence-corrected chi connectivity index (χ0v) is 11.2. The first-order valence-corrected chi connectivity index (χ1v) is 5.31. The van der Waals surface area contributed by atoms with Crippen molar-refractivity contribution in [2.24, 2.45) is 5.73 Å². The molecular formula is C11H11BrClFN2O. The van der Waals surface area contributed by atoms with Gasteiger partial charge in [0.05, 0.1) is 11.9 Å². The van der Waals surface area contributed by atoms with Gasteiger partial charge in [-0.15, -0.1) is 12.4 Å². The van der Waals surface area contributed by atoms with E-state index < -0.39 is 0 Å². The Morgan fingerprint density at radius 1 is 1.59 bits per heavy atom.